The molecule has 8 rings (SSSR count). The average Bonchev–Trinajstić information content (AvgIpc) is 4.04. The molecule has 0 saturated heterocycles. The molecule has 4 aromatic rings. The molecule has 4 heterocycles. The third kappa shape index (κ3) is 23.1. The minimum absolute atomic E-state index is 0.0346. The Labute approximate surface area is 444 Å². The first-order valence-corrected chi connectivity index (χ1v) is 30.7. The van der Waals surface area contributed by atoms with Crippen molar-refractivity contribution in [1.82, 2.24) is 34.7 Å². The number of primary sulfonamides is 2. The molecule has 4 aliphatic carbocycles. The molecule has 4 aromatic heterocycles. The van der Waals surface area contributed by atoms with Crippen molar-refractivity contribution in [1.29, 1.82) is 0 Å². The normalized spacial score (nSPS) is 21.1. The second-order valence-corrected chi connectivity index (χ2v) is 28.1. The first-order chi connectivity index (χ1) is 34.3. The molecule has 4 saturated carbocycles. The Morgan fingerprint density at radius 2 is 1.35 bits per heavy atom. The average molecular weight is 1120 g/mol. The van der Waals surface area contributed by atoms with E-state index in [4.69, 9.17) is 41.0 Å². The fraction of sp³-hybridized carbons (Fsp3) is 0.700. The molecule has 7 N–H and O–H groups in total. The number of aliphatic hydroxyl groups is 1. The van der Waals surface area contributed by atoms with Gasteiger partial charge in [0, 0.05) is 31.6 Å². The van der Waals surface area contributed by atoms with Gasteiger partial charge in [0.05, 0.1) is 31.2 Å². The van der Waals surface area contributed by atoms with Gasteiger partial charge in [-0.25, -0.2) is 41.6 Å². The second-order valence-electron chi connectivity index (χ2n) is 23.0. The minimum Gasteiger partial charge on any atom is -0.478 e. The number of sulfonamides is 2. The number of aromatic amines is 1. The predicted molar refractivity (Wildman–Crippen MR) is 284 cm³/mol. The number of rotatable bonds is 18. The summed E-state index contributed by atoms with van der Waals surface area (Å²) in [4.78, 5) is 15.0. The lowest BCUT2D eigenvalue weighted by molar-refractivity contribution is 0.0696. The SMILES string of the molecule is CC1(C)CCC(CCO)C1.CC1(C)CCC(CCOS(C)(=O)=O)C1.CC1(C)CCC(CCn2ccc(S(N)(=O)=O)n2)C1.CC1(CCCOc2ccn(-c3ccc(C(=O)O)c(Cl)n3)n2)CC1.NS(=O)(=O)c1ccn[nH]1. The molecule has 0 spiro atoms. The summed E-state index contributed by atoms with van der Waals surface area (Å²) >= 11 is 5.87. The Bertz CT molecular complexity index is 2720. The lowest BCUT2D eigenvalue weighted by Gasteiger charge is -2.16. The molecule has 20 nitrogen and oxygen atoms in total. The van der Waals surface area contributed by atoms with E-state index in [9.17, 15) is 30.0 Å². The summed E-state index contributed by atoms with van der Waals surface area (Å²) in [6, 6.07) is 7.45. The molecule has 3 unspecified atom stereocenters. The Morgan fingerprint density at radius 3 is 1.78 bits per heavy atom. The number of carboxylic acids is 1. The van der Waals surface area contributed by atoms with Crippen molar-refractivity contribution in [3.05, 3.63) is 59.6 Å². The van der Waals surface area contributed by atoms with E-state index in [-0.39, 0.29) is 20.8 Å². The summed E-state index contributed by atoms with van der Waals surface area (Å²) in [5.74, 6) is 2.03. The van der Waals surface area contributed by atoms with Crippen LogP contribution in [0.4, 0.5) is 0 Å². The van der Waals surface area contributed by atoms with Gasteiger partial charge in [-0.05, 0) is 166 Å². The van der Waals surface area contributed by atoms with Gasteiger partial charge in [0.1, 0.15) is 5.15 Å². The lowest BCUT2D eigenvalue weighted by Crippen LogP contribution is -2.14. The highest BCUT2D eigenvalue weighted by Crippen LogP contribution is 2.49. The second kappa shape index (κ2) is 26.9. The van der Waals surface area contributed by atoms with E-state index < -0.39 is 36.1 Å². The molecule has 24 heteroatoms. The van der Waals surface area contributed by atoms with Crippen molar-refractivity contribution < 1.29 is 49.2 Å². The number of aromatic nitrogens is 7. The van der Waals surface area contributed by atoms with E-state index in [0.717, 1.165) is 50.3 Å². The minimum atomic E-state index is -3.67. The number of nitrogens with one attached hydrogen (secondary N) is 1. The highest BCUT2D eigenvalue weighted by Gasteiger charge is 2.36. The van der Waals surface area contributed by atoms with Crippen molar-refractivity contribution >= 4 is 47.7 Å². The van der Waals surface area contributed by atoms with Crippen LogP contribution in [-0.2, 0) is 40.9 Å². The molecule has 418 valence electrons. The fourth-order valence-corrected chi connectivity index (χ4v) is 11.3. The summed E-state index contributed by atoms with van der Waals surface area (Å²) in [5.41, 5.74) is 1.96. The van der Waals surface area contributed by atoms with Gasteiger partial charge in [-0.1, -0.05) is 60.1 Å². The van der Waals surface area contributed by atoms with Crippen molar-refractivity contribution in [2.45, 2.75) is 168 Å². The third-order valence-corrected chi connectivity index (χ3v) is 16.7. The van der Waals surface area contributed by atoms with Gasteiger partial charge in [-0.2, -0.15) is 18.6 Å². The molecule has 0 amide bonds. The number of aliphatic hydroxyl groups excluding tert-OH is 1. The summed E-state index contributed by atoms with van der Waals surface area (Å²) in [6.45, 7) is 18.2. The molecule has 4 fully saturated rings. The fourth-order valence-electron chi connectivity index (χ4n) is 9.73. The maximum atomic E-state index is 11.1. The number of ether oxygens (including phenoxy) is 1. The Hall–Kier alpha value is -3.97. The molecule has 0 aliphatic heterocycles. The van der Waals surface area contributed by atoms with Crippen LogP contribution in [0.3, 0.4) is 0 Å². The summed E-state index contributed by atoms with van der Waals surface area (Å²) < 4.78 is 78.0. The Kier molecular flexibility index (Phi) is 22.7. The zero-order valence-electron chi connectivity index (χ0n) is 44.5. The van der Waals surface area contributed by atoms with Gasteiger partial charge in [0.25, 0.3) is 30.2 Å². The van der Waals surface area contributed by atoms with Gasteiger partial charge >= 0.3 is 5.97 Å². The zero-order chi connectivity index (χ0) is 55.2. The van der Waals surface area contributed by atoms with Gasteiger partial charge in [0.2, 0.25) is 5.88 Å². The third-order valence-electron chi connectivity index (χ3n) is 14.2. The number of nitrogens with zero attached hydrogens (tertiary/aromatic N) is 6. The van der Waals surface area contributed by atoms with Crippen molar-refractivity contribution in [2.24, 2.45) is 49.7 Å². The van der Waals surface area contributed by atoms with Crippen LogP contribution in [0.2, 0.25) is 5.15 Å². The lowest BCUT2D eigenvalue weighted by atomic mass is 9.90. The number of aryl methyl sites for hydroxylation is 1. The van der Waals surface area contributed by atoms with E-state index in [1.807, 2.05) is 0 Å². The van der Waals surface area contributed by atoms with E-state index in [1.54, 1.807) is 29.2 Å². The number of aromatic carboxylic acids is 1. The first-order valence-electron chi connectivity index (χ1n) is 25.4. The maximum Gasteiger partial charge on any atom is 0.338 e. The maximum absolute atomic E-state index is 11.1. The molecule has 3 atom stereocenters. The molecule has 0 aromatic carbocycles. The van der Waals surface area contributed by atoms with Crippen LogP contribution in [0.15, 0.2) is 59.0 Å². The Morgan fingerprint density at radius 1 is 0.770 bits per heavy atom. The van der Waals surface area contributed by atoms with E-state index >= 15 is 0 Å². The standard InChI is InChI=1S/C16H18ClN3O3.C12H21N3O2S.C10H20O3S.C9H18O.C3H5N3O2S/c1-16(7-8-16)6-2-10-23-13-5-9-20(19-13)12-4-3-11(15(21)22)14(17)18-12;1-12(2)6-3-10(9-12)4-7-15-8-5-11(14-15)18(13,16)17;1-10(2)6-4-9(8-10)5-7-13-14(3,11)12;1-9(2)5-3-8(7-9)4-6-10;4-9(7,8)3-1-2-5-6-3/h3-5,9H,2,6-8,10H2,1H3,(H,21,22);5,8,10H,3-4,6-7,9H2,1-2H3,(H2,13,16,17);9H,4-8H2,1-3H3;8,10H,3-7H2,1-2H3;1-2H,(H,5,6)(H2,4,7,8). The van der Waals surface area contributed by atoms with Gasteiger partial charge in [0.15, 0.2) is 15.9 Å². The van der Waals surface area contributed by atoms with Crippen molar-refractivity contribution in [3.8, 4) is 11.7 Å². The number of nitrogens with two attached hydrogens (primary N) is 2. The van der Waals surface area contributed by atoms with Crippen LogP contribution in [0.5, 0.6) is 5.88 Å². The predicted octanol–water partition coefficient (Wildman–Crippen LogP) is 8.76. The number of hydrogen-bond donors (Lipinski definition) is 5. The van der Waals surface area contributed by atoms with E-state index in [1.165, 1.54) is 106 Å². The molecule has 0 bridgehead atoms. The van der Waals surface area contributed by atoms with Crippen LogP contribution < -0.4 is 15.0 Å². The van der Waals surface area contributed by atoms with Crippen LogP contribution >= 0.6 is 11.6 Å². The molecular weight excluding hydrogens is 1030 g/mol. The quantitative estimate of drug-likeness (QED) is 0.0353. The highest BCUT2D eigenvalue weighted by molar-refractivity contribution is 7.89. The number of pyridine rings is 1. The largest absolute Gasteiger partial charge is 0.478 e. The number of halogens is 1. The topological polar surface area (TPSA) is 308 Å². The van der Waals surface area contributed by atoms with Crippen molar-refractivity contribution in [2.75, 3.05) is 26.1 Å². The van der Waals surface area contributed by atoms with Gasteiger partial charge < -0.3 is 14.9 Å². The molecule has 0 radical (unpaired) electrons. The van der Waals surface area contributed by atoms with Crippen LogP contribution in [0.1, 0.15) is 162 Å². The molecule has 74 heavy (non-hydrogen) atoms. The number of carboxylic acid groups (broad SMARTS) is 1. The van der Waals surface area contributed by atoms with Crippen LogP contribution in [0, 0.1) is 39.4 Å². The first kappa shape index (κ1) is 62.6. The van der Waals surface area contributed by atoms with Gasteiger partial charge in [-0.3, -0.25) is 14.0 Å². The summed E-state index contributed by atoms with van der Waals surface area (Å²) in [7, 11) is -10.5. The summed E-state index contributed by atoms with van der Waals surface area (Å²) in [5, 5.41) is 41.1. The van der Waals surface area contributed by atoms with E-state index in [2.05, 4.69) is 73.8 Å². The van der Waals surface area contributed by atoms with Crippen LogP contribution in [0.25, 0.3) is 5.82 Å². The van der Waals surface area contributed by atoms with Gasteiger partial charge in [-0.15, -0.1) is 5.10 Å². The van der Waals surface area contributed by atoms with E-state index in [0.29, 0.717) is 59.1 Å². The number of H-pyrrole nitrogens is 1. The van der Waals surface area contributed by atoms with Crippen LogP contribution in [-0.4, -0.2) is 102 Å². The zero-order valence-corrected chi connectivity index (χ0v) is 47.7. The summed E-state index contributed by atoms with van der Waals surface area (Å²) in [6.07, 6.45) is 25.0. The Balaban J connectivity index is 0.000000209. The monoisotopic (exact) mass is 1120 g/mol. The molecule has 4 aliphatic rings. The number of carbonyl (C=O) groups is 1. The highest BCUT2D eigenvalue weighted by atomic mass is 35.5. The number of hydrogen-bond acceptors (Lipinski definition) is 14. The molecular formula is C50H82ClN9O11S3. The smallest absolute Gasteiger partial charge is 0.338 e. The van der Waals surface area contributed by atoms with Crippen molar-refractivity contribution in [3.63, 3.8) is 0 Å².